The Morgan fingerprint density at radius 3 is 2.79 bits per heavy atom. The summed E-state index contributed by atoms with van der Waals surface area (Å²) in [5.74, 6) is 0. The van der Waals surface area contributed by atoms with E-state index in [4.69, 9.17) is 0 Å². The van der Waals surface area contributed by atoms with Crippen molar-refractivity contribution in [1.29, 1.82) is 0 Å². The molecular formula is C12H18N2. The monoisotopic (exact) mass is 190 g/mol. The van der Waals surface area contributed by atoms with E-state index in [1.54, 1.807) is 0 Å². The first-order chi connectivity index (χ1) is 6.57. The minimum atomic E-state index is 0.187. The molecule has 0 saturated carbocycles. The fourth-order valence-electron chi connectivity index (χ4n) is 1.85. The van der Waals surface area contributed by atoms with Gasteiger partial charge in [0, 0.05) is 12.1 Å². The summed E-state index contributed by atoms with van der Waals surface area (Å²) in [6, 6.07) is 6.50. The van der Waals surface area contributed by atoms with Crippen LogP contribution in [0.4, 0.5) is 11.4 Å². The smallest absolute Gasteiger partial charge is 0.0582 e. The molecular weight excluding hydrogens is 172 g/mol. The summed E-state index contributed by atoms with van der Waals surface area (Å²) >= 11 is 0. The SMILES string of the molecule is Cc1ccc2c(c1)NC(C)(C)CCN2. The fraction of sp³-hybridized carbons (Fsp3) is 0.500. The van der Waals surface area contributed by atoms with E-state index in [2.05, 4.69) is 49.6 Å². The molecule has 0 radical (unpaired) electrons. The lowest BCUT2D eigenvalue weighted by Crippen LogP contribution is -2.30. The zero-order chi connectivity index (χ0) is 10.2. The molecule has 0 unspecified atom stereocenters. The molecule has 0 aliphatic carbocycles. The fourth-order valence-corrected chi connectivity index (χ4v) is 1.85. The first kappa shape index (κ1) is 9.38. The maximum Gasteiger partial charge on any atom is 0.0582 e. The number of anilines is 2. The predicted octanol–water partition coefficient (Wildman–Crippen LogP) is 3.00. The van der Waals surface area contributed by atoms with Crippen molar-refractivity contribution in [2.24, 2.45) is 0 Å². The van der Waals surface area contributed by atoms with Gasteiger partial charge in [0.2, 0.25) is 0 Å². The van der Waals surface area contributed by atoms with E-state index >= 15 is 0 Å². The molecule has 1 aliphatic heterocycles. The zero-order valence-electron chi connectivity index (χ0n) is 9.15. The molecule has 0 saturated heterocycles. The van der Waals surface area contributed by atoms with E-state index in [9.17, 15) is 0 Å². The molecule has 1 aromatic rings. The molecule has 1 heterocycles. The normalized spacial score (nSPS) is 18.8. The molecule has 0 fully saturated rings. The minimum Gasteiger partial charge on any atom is -0.383 e. The summed E-state index contributed by atoms with van der Waals surface area (Å²) in [7, 11) is 0. The van der Waals surface area contributed by atoms with Crippen LogP contribution in [-0.4, -0.2) is 12.1 Å². The standard InChI is InChI=1S/C12H18N2/c1-9-4-5-10-11(8-9)14-12(2,3)6-7-13-10/h4-5,8,13-14H,6-7H2,1-3H3. The van der Waals surface area contributed by atoms with Gasteiger partial charge >= 0.3 is 0 Å². The van der Waals surface area contributed by atoms with E-state index in [0.717, 1.165) is 13.0 Å². The Labute approximate surface area is 85.7 Å². The molecule has 0 atom stereocenters. The Morgan fingerprint density at radius 1 is 1.21 bits per heavy atom. The third-order valence-corrected chi connectivity index (χ3v) is 2.71. The molecule has 76 valence electrons. The maximum absolute atomic E-state index is 3.58. The van der Waals surface area contributed by atoms with Gasteiger partial charge in [-0.05, 0) is 44.9 Å². The molecule has 2 nitrogen and oxygen atoms in total. The second-order valence-corrected chi connectivity index (χ2v) is 4.73. The van der Waals surface area contributed by atoms with Crippen LogP contribution in [0.5, 0.6) is 0 Å². The van der Waals surface area contributed by atoms with Crippen molar-refractivity contribution < 1.29 is 0 Å². The van der Waals surface area contributed by atoms with Crippen LogP contribution < -0.4 is 10.6 Å². The summed E-state index contributed by atoms with van der Waals surface area (Å²) in [4.78, 5) is 0. The number of nitrogens with one attached hydrogen (secondary N) is 2. The Balaban J connectivity index is 2.38. The second kappa shape index (κ2) is 3.19. The van der Waals surface area contributed by atoms with Crippen LogP contribution in [0.2, 0.25) is 0 Å². The van der Waals surface area contributed by atoms with Crippen molar-refractivity contribution in [2.75, 3.05) is 17.2 Å². The highest BCUT2D eigenvalue weighted by Gasteiger charge is 2.21. The van der Waals surface area contributed by atoms with Crippen LogP contribution in [0.1, 0.15) is 25.8 Å². The minimum absolute atomic E-state index is 0.187. The lowest BCUT2D eigenvalue weighted by atomic mass is 10.0. The molecule has 1 aliphatic rings. The van der Waals surface area contributed by atoms with Gasteiger partial charge in [-0.2, -0.15) is 0 Å². The van der Waals surface area contributed by atoms with Crippen molar-refractivity contribution in [3.8, 4) is 0 Å². The summed E-state index contributed by atoms with van der Waals surface area (Å²) in [5, 5.41) is 7.02. The van der Waals surface area contributed by atoms with Gasteiger partial charge in [-0.25, -0.2) is 0 Å². The summed E-state index contributed by atoms with van der Waals surface area (Å²) in [5.41, 5.74) is 3.94. The zero-order valence-corrected chi connectivity index (χ0v) is 9.15. The molecule has 0 bridgehead atoms. The summed E-state index contributed by atoms with van der Waals surface area (Å²) < 4.78 is 0. The van der Waals surface area contributed by atoms with Gasteiger partial charge in [-0.15, -0.1) is 0 Å². The van der Waals surface area contributed by atoms with E-state index in [1.807, 2.05) is 0 Å². The Hall–Kier alpha value is -1.18. The van der Waals surface area contributed by atoms with Crippen molar-refractivity contribution in [1.82, 2.24) is 0 Å². The van der Waals surface area contributed by atoms with Crippen molar-refractivity contribution in [3.05, 3.63) is 23.8 Å². The van der Waals surface area contributed by atoms with Crippen molar-refractivity contribution >= 4 is 11.4 Å². The number of aryl methyl sites for hydroxylation is 1. The lowest BCUT2D eigenvalue weighted by molar-refractivity contribution is 0.540. The van der Waals surface area contributed by atoms with E-state index in [0.29, 0.717) is 0 Å². The average molecular weight is 190 g/mol. The van der Waals surface area contributed by atoms with E-state index < -0.39 is 0 Å². The van der Waals surface area contributed by atoms with Gasteiger partial charge in [-0.1, -0.05) is 6.07 Å². The van der Waals surface area contributed by atoms with E-state index in [-0.39, 0.29) is 5.54 Å². The largest absolute Gasteiger partial charge is 0.383 e. The van der Waals surface area contributed by atoms with Gasteiger partial charge in [-0.3, -0.25) is 0 Å². The highest BCUT2D eigenvalue weighted by atomic mass is 15.0. The highest BCUT2D eigenvalue weighted by Crippen LogP contribution is 2.30. The Bertz CT molecular complexity index is 342. The molecule has 1 aromatic carbocycles. The molecule has 0 spiro atoms. The Morgan fingerprint density at radius 2 is 2.00 bits per heavy atom. The number of rotatable bonds is 0. The van der Waals surface area contributed by atoms with Crippen LogP contribution in [0.25, 0.3) is 0 Å². The average Bonchev–Trinajstić information content (AvgIpc) is 2.21. The van der Waals surface area contributed by atoms with Crippen molar-refractivity contribution in [3.63, 3.8) is 0 Å². The first-order valence-corrected chi connectivity index (χ1v) is 5.20. The first-order valence-electron chi connectivity index (χ1n) is 5.20. The lowest BCUT2D eigenvalue weighted by Gasteiger charge is -2.25. The molecule has 2 rings (SSSR count). The molecule has 2 heteroatoms. The van der Waals surface area contributed by atoms with Gasteiger partial charge < -0.3 is 10.6 Å². The number of hydrogen-bond donors (Lipinski definition) is 2. The summed E-state index contributed by atoms with van der Waals surface area (Å²) in [6.07, 6.45) is 1.14. The van der Waals surface area contributed by atoms with Crippen molar-refractivity contribution in [2.45, 2.75) is 32.7 Å². The van der Waals surface area contributed by atoms with E-state index in [1.165, 1.54) is 16.9 Å². The predicted molar refractivity (Wildman–Crippen MR) is 62.0 cm³/mol. The highest BCUT2D eigenvalue weighted by molar-refractivity contribution is 5.71. The Kier molecular flexibility index (Phi) is 2.14. The molecule has 0 aromatic heterocycles. The number of benzene rings is 1. The number of fused-ring (bicyclic) bond motifs is 1. The van der Waals surface area contributed by atoms with Crippen LogP contribution in [0.3, 0.4) is 0 Å². The van der Waals surface area contributed by atoms with Crippen LogP contribution >= 0.6 is 0 Å². The van der Waals surface area contributed by atoms with Gasteiger partial charge in [0.05, 0.1) is 11.4 Å². The van der Waals surface area contributed by atoms with Gasteiger partial charge in [0.1, 0.15) is 0 Å². The second-order valence-electron chi connectivity index (χ2n) is 4.73. The third kappa shape index (κ3) is 1.84. The maximum atomic E-state index is 3.58. The van der Waals surface area contributed by atoms with Crippen LogP contribution in [0, 0.1) is 6.92 Å². The molecule has 14 heavy (non-hydrogen) atoms. The topological polar surface area (TPSA) is 24.1 Å². The van der Waals surface area contributed by atoms with Gasteiger partial charge in [0.15, 0.2) is 0 Å². The molecule has 2 N–H and O–H groups in total. The summed E-state index contributed by atoms with van der Waals surface area (Å²) in [6.45, 7) is 7.65. The quantitative estimate of drug-likeness (QED) is 0.657. The van der Waals surface area contributed by atoms with Gasteiger partial charge in [0.25, 0.3) is 0 Å². The van der Waals surface area contributed by atoms with Crippen LogP contribution in [0.15, 0.2) is 18.2 Å². The molecule has 0 amide bonds. The van der Waals surface area contributed by atoms with Crippen LogP contribution in [-0.2, 0) is 0 Å². The number of hydrogen-bond acceptors (Lipinski definition) is 2. The third-order valence-electron chi connectivity index (χ3n) is 2.71.